The van der Waals surface area contributed by atoms with Gasteiger partial charge in [0.15, 0.2) is 0 Å². The molecule has 0 bridgehead atoms. The van der Waals surface area contributed by atoms with Crippen molar-refractivity contribution in [2.75, 3.05) is 0 Å². The number of hydrogen-bond donors (Lipinski definition) is 2. The Balaban J connectivity index is 2.12. The van der Waals surface area contributed by atoms with Crippen LogP contribution < -0.4 is 4.72 Å². The second-order valence-corrected chi connectivity index (χ2v) is 7.31. The minimum atomic E-state index is -3.84. The third kappa shape index (κ3) is 3.36. The van der Waals surface area contributed by atoms with Crippen molar-refractivity contribution in [1.29, 1.82) is 0 Å². The smallest absolute Gasteiger partial charge is 0.306 e. The maximum Gasteiger partial charge on any atom is 0.306 e. The van der Waals surface area contributed by atoms with E-state index in [1.165, 1.54) is 12.1 Å². The summed E-state index contributed by atoms with van der Waals surface area (Å²) in [5.41, 5.74) is 0. The van der Waals surface area contributed by atoms with E-state index in [1.54, 1.807) is 0 Å². The van der Waals surface area contributed by atoms with E-state index in [0.717, 1.165) is 6.07 Å². The second-order valence-electron chi connectivity index (χ2n) is 4.74. The van der Waals surface area contributed by atoms with Gasteiger partial charge in [0.25, 0.3) is 0 Å². The number of carboxylic acid groups (broad SMARTS) is 1. The maximum atomic E-state index is 13.4. The van der Waals surface area contributed by atoms with Crippen molar-refractivity contribution in [2.45, 2.75) is 30.2 Å². The summed E-state index contributed by atoms with van der Waals surface area (Å²) in [5, 5.41) is 8.88. The summed E-state index contributed by atoms with van der Waals surface area (Å²) in [5.74, 6) is -2.10. The first kappa shape index (κ1) is 15.4. The standard InChI is InChI=1S/C12H13BrFNO4S/c13-10-4-3-9(6-11(10)14)20(18,19)15-8-2-1-7(5-8)12(16)17/h3-4,6-8,15H,1-2,5H2,(H,16,17). The van der Waals surface area contributed by atoms with Gasteiger partial charge in [0.05, 0.1) is 15.3 Å². The Bertz CT molecular complexity index is 634. The highest BCUT2D eigenvalue weighted by Crippen LogP contribution is 2.27. The molecule has 2 rings (SSSR count). The highest BCUT2D eigenvalue weighted by Gasteiger charge is 2.32. The Kier molecular flexibility index (Phi) is 4.46. The van der Waals surface area contributed by atoms with Crippen molar-refractivity contribution in [3.8, 4) is 0 Å². The number of carbonyl (C=O) groups is 1. The number of rotatable bonds is 4. The van der Waals surface area contributed by atoms with Gasteiger partial charge in [0, 0.05) is 6.04 Å². The minimum Gasteiger partial charge on any atom is -0.481 e. The molecule has 1 fully saturated rings. The summed E-state index contributed by atoms with van der Waals surface area (Å²) in [4.78, 5) is 10.7. The Labute approximate surface area is 124 Å². The maximum absolute atomic E-state index is 13.4. The molecule has 5 nitrogen and oxygen atoms in total. The van der Waals surface area contributed by atoms with Crippen LogP contribution in [0.5, 0.6) is 0 Å². The second kappa shape index (κ2) is 5.79. The zero-order valence-electron chi connectivity index (χ0n) is 10.3. The van der Waals surface area contributed by atoms with Crippen molar-refractivity contribution in [2.24, 2.45) is 5.92 Å². The van der Waals surface area contributed by atoms with Crippen LogP contribution in [0.2, 0.25) is 0 Å². The highest BCUT2D eigenvalue weighted by molar-refractivity contribution is 9.10. The number of benzene rings is 1. The van der Waals surface area contributed by atoms with Crippen LogP contribution in [0.25, 0.3) is 0 Å². The molecule has 1 aliphatic carbocycles. The summed E-state index contributed by atoms with van der Waals surface area (Å²) in [6.07, 6.45) is 1.17. The van der Waals surface area contributed by atoms with Crippen LogP contribution in [0, 0.1) is 11.7 Å². The van der Waals surface area contributed by atoms with Gasteiger partial charge in [-0.1, -0.05) is 0 Å². The van der Waals surface area contributed by atoms with Crippen molar-refractivity contribution >= 4 is 31.9 Å². The number of halogens is 2. The van der Waals surface area contributed by atoms with E-state index in [4.69, 9.17) is 5.11 Å². The molecule has 1 aromatic carbocycles. The fourth-order valence-corrected chi connectivity index (χ4v) is 3.79. The first-order chi connectivity index (χ1) is 9.29. The molecule has 0 spiro atoms. The SMILES string of the molecule is O=C(O)C1CCC(NS(=O)(=O)c2ccc(Br)c(F)c2)C1. The number of hydrogen-bond acceptors (Lipinski definition) is 3. The molecule has 0 heterocycles. The molecule has 2 N–H and O–H groups in total. The van der Waals surface area contributed by atoms with Crippen molar-refractivity contribution in [3.05, 3.63) is 28.5 Å². The van der Waals surface area contributed by atoms with E-state index in [0.29, 0.717) is 12.8 Å². The Morgan fingerprint density at radius 2 is 2.10 bits per heavy atom. The minimum absolute atomic E-state index is 0.169. The van der Waals surface area contributed by atoms with Gasteiger partial charge < -0.3 is 5.11 Å². The molecule has 2 atom stereocenters. The topological polar surface area (TPSA) is 83.5 Å². The normalized spacial score (nSPS) is 22.9. The van der Waals surface area contributed by atoms with Crippen LogP contribution in [-0.4, -0.2) is 25.5 Å². The molecule has 0 radical (unpaired) electrons. The predicted molar refractivity (Wildman–Crippen MR) is 73.2 cm³/mol. The Hall–Kier alpha value is -0.990. The van der Waals surface area contributed by atoms with E-state index < -0.39 is 33.8 Å². The van der Waals surface area contributed by atoms with Crippen molar-refractivity contribution in [1.82, 2.24) is 4.72 Å². The molecule has 8 heteroatoms. The zero-order chi connectivity index (χ0) is 14.9. The molecule has 0 amide bonds. The van der Waals surface area contributed by atoms with Crippen LogP contribution in [0.4, 0.5) is 4.39 Å². The summed E-state index contributed by atoms with van der Waals surface area (Å²) in [7, 11) is -3.84. The molecule has 20 heavy (non-hydrogen) atoms. The van der Waals surface area contributed by atoms with E-state index in [1.807, 2.05) is 0 Å². The molecule has 0 aromatic heterocycles. The zero-order valence-corrected chi connectivity index (χ0v) is 12.7. The average molecular weight is 366 g/mol. The Morgan fingerprint density at radius 3 is 2.65 bits per heavy atom. The largest absolute Gasteiger partial charge is 0.481 e. The van der Waals surface area contributed by atoms with Crippen molar-refractivity contribution < 1.29 is 22.7 Å². The van der Waals surface area contributed by atoms with Gasteiger partial charge >= 0.3 is 5.97 Å². The van der Waals surface area contributed by atoms with Gasteiger partial charge in [-0.05, 0) is 53.4 Å². The third-order valence-electron chi connectivity index (χ3n) is 3.31. The van der Waals surface area contributed by atoms with Gasteiger partial charge in [0.2, 0.25) is 10.0 Å². The van der Waals surface area contributed by atoms with Gasteiger partial charge in [-0.25, -0.2) is 17.5 Å². The lowest BCUT2D eigenvalue weighted by atomic mass is 10.1. The van der Waals surface area contributed by atoms with Gasteiger partial charge in [-0.15, -0.1) is 0 Å². The van der Waals surface area contributed by atoms with Crippen LogP contribution >= 0.6 is 15.9 Å². The van der Waals surface area contributed by atoms with E-state index in [9.17, 15) is 17.6 Å². The van der Waals surface area contributed by atoms with E-state index in [2.05, 4.69) is 20.7 Å². The summed E-state index contributed by atoms with van der Waals surface area (Å²) in [6, 6.07) is 3.11. The summed E-state index contributed by atoms with van der Waals surface area (Å²) in [6.45, 7) is 0. The van der Waals surface area contributed by atoms with E-state index >= 15 is 0 Å². The van der Waals surface area contributed by atoms with Gasteiger partial charge in [-0.2, -0.15) is 0 Å². The lowest BCUT2D eigenvalue weighted by Crippen LogP contribution is -2.33. The molecule has 1 saturated carbocycles. The number of sulfonamides is 1. The molecular weight excluding hydrogens is 353 g/mol. The Morgan fingerprint density at radius 1 is 1.40 bits per heavy atom. The van der Waals surface area contributed by atoms with Crippen LogP contribution in [0.15, 0.2) is 27.6 Å². The molecule has 0 aliphatic heterocycles. The number of carboxylic acids is 1. The lowest BCUT2D eigenvalue weighted by Gasteiger charge is -2.13. The molecule has 110 valence electrons. The third-order valence-corrected chi connectivity index (χ3v) is 5.47. The summed E-state index contributed by atoms with van der Waals surface area (Å²) < 4.78 is 40.2. The fraction of sp³-hybridized carbons (Fsp3) is 0.417. The average Bonchev–Trinajstić information content (AvgIpc) is 2.80. The first-order valence-corrected chi connectivity index (χ1v) is 8.27. The summed E-state index contributed by atoms with van der Waals surface area (Å²) >= 11 is 2.95. The fourth-order valence-electron chi connectivity index (χ4n) is 2.24. The van der Waals surface area contributed by atoms with E-state index in [-0.39, 0.29) is 15.8 Å². The molecule has 1 aliphatic rings. The predicted octanol–water partition coefficient (Wildman–Crippen LogP) is 2.12. The van der Waals surface area contributed by atoms with Crippen molar-refractivity contribution in [3.63, 3.8) is 0 Å². The highest BCUT2D eigenvalue weighted by atomic mass is 79.9. The van der Waals surface area contributed by atoms with Crippen LogP contribution in [-0.2, 0) is 14.8 Å². The number of aliphatic carboxylic acids is 1. The van der Waals surface area contributed by atoms with Gasteiger partial charge in [0.1, 0.15) is 5.82 Å². The molecule has 1 aromatic rings. The lowest BCUT2D eigenvalue weighted by molar-refractivity contribution is -0.141. The van der Waals surface area contributed by atoms with Gasteiger partial charge in [-0.3, -0.25) is 4.79 Å². The number of nitrogens with one attached hydrogen (secondary N) is 1. The molecular formula is C12H13BrFNO4S. The quantitative estimate of drug-likeness (QED) is 0.855. The first-order valence-electron chi connectivity index (χ1n) is 6.00. The van der Waals surface area contributed by atoms with Crippen LogP contribution in [0.3, 0.4) is 0 Å². The molecule has 0 saturated heterocycles. The monoisotopic (exact) mass is 365 g/mol. The molecule has 2 unspecified atom stereocenters. The van der Waals surface area contributed by atoms with Crippen LogP contribution in [0.1, 0.15) is 19.3 Å².